The second-order valence-electron chi connectivity index (χ2n) is 3.07. The first-order chi connectivity index (χ1) is 6.91. The molecule has 0 aliphatic heterocycles. The van der Waals surface area contributed by atoms with Crippen molar-refractivity contribution in [2.75, 3.05) is 5.32 Å². The Hall–Kier alpha value is -0.970. The Balaban J connectivity index is 2.93. The molecule has 1 rings (SSSR count). The van der Waals surface area contributed by atoms with Crippen molar-refractivity contribution < 1.29 is 9.90 Å². The summed E-state index contributed by atoms with van der Waals surface area (Å²) < 4.78 is 0. The molecule has 0 aliphatic rings. The number of amides is 1. The molecule has 1 aromatic rings. The minimum atomic E-state index is -0.628. The maximum Gasteiger partial charge on any atom is 0.241 e. The summed E-state index contributed by atoms with van der Waals surface area (Å²) in [5.74, 6) is -0.565. The van der Waals surface area contributed by atoms with Crippen LogP contribution in [0.15, 0.2) is 12.1 Å². The van der Waals surface area contributed by atoms with Crippen LogP contribution in [0.4, 0.5) is 5.69 Å². The molecule has 4 nitrogen and oxygen atoms in total. The molecule has 1 atom stereocenters. The second-order valence-corrected chi connectivity index (χ2v) is 3.88. The van der Waals surface area contributed by atoms with Gasteiger partial charge in [0.15, 0.2) is 5.75 Å². The zero-order chi connectivity index (χ0) is 11.6. The van der Waals surface area contributed by atoms with E-state index in [-0.39, 0.29) is 21.7 Å². The Kier molecular flexibility index (Phi) is 3.79. The second kappa shape index (κ2) is 4.70. The van der Waals surface area contributed by atoms with Crippen LogP contribution in [-0.2, 0) is 4.79 Å². The maximum absolute atomic E-state index is 11.2. The standard InChI is InChI=1S/C9H10Cl2N2O2/c1-4(12)9(15)13-5-2-6(10)8(14)7(11)3-5/h2-4,14H,12H2,1H3,(H,13,15). The van der Waals surface area contributed by atoms with E-state index in [9.17, 15) is 9.90 Å². The van der Waals surface area contributed by atoms with Gasteiger partial charge in [-0.1, -0.05) is 23.2 Å². The average Bonchev–Trinajstić information content (AvgIpc) is 2.13. The number of carbonyl (C=O) groups is 1. The topological polar surface area (TPSA) is 75.4 Å². The van der Waals surface area contributed by atoms with Gasteiger partial charge in [-0.15, -0.1) is 0 Å². The number of halogens is 2. The SMILES string of the molecule is CC(N)C(=O)Nc1cc(Cl)c(O)c(Cl)c1. The lowest BCUT2D eigenvalue weighted by Gasteiger charge is -2.09. The minimum Gasteiger partial charge on any atom is -0.505 e. The van der Waals surface area contributed by atoms with Crippen LogP contribution in [0.3, 0.4) is 0 Å². The molecule has 0 saturated carbocycles. The van der Waals surface area contributed by atoms with Crippen LogP contribution in [-0.4, -0.2) is 17.1 Å². The number of phenolic OH excluding ortho intramolecular Hbond substituents is 1. The smallest absolute Gasteiger partial charge is 0.241 e. The molecule has 0 spiro atoms. The van der Waals surface area contributed by atoms with E-state index in [0.29, 0.717) is 5.69 Å². The summed E-state index contributed by atoms with van der Waals surface area (Å²) in [6, 6.07) is 2.16. The van der Waals surface area contributed by atoms with Crippen molar-refractivity contribution >= 4 is 34.8 Å². The Morgan fingerprint density at radius 1 is 1.47 bits per heavy atom. The predicted octanol–water partition coefficient (Wildman–Crippen LogP) is 1.98. The fraction of sp³-hybridized carbons (Fsp3) is 0.222. The molecule has 0 saturated heterocycles. The molecule has 6 heteroatoms. The van der Waals surface area contributed by atoms with Crippen LogP contribution >= 0.6 is 23.2 Å². The van der Waals surface area contributed by atoms with Gasteiger partial charge in [0.1, 0.15) is 0 Å². The van der Waals surface area contributed by atoms with Crippen LogP contribution < -0.4 is 11.1 Å². The van der Waals surface area contributed by atoms with Crippen molar-refractivity contribution in [3.63, 3.8) is 0 Å². The van der Waals surface area contributed by atoms with Crippen molar-refractivity contribution in [1.82, 2.24) is 0 Å². The van der Waals surface area contributed by atoms with Gasteiger partial charge >= 0.3 is 0 Å². The van der Waals surface area contributed by atoms with Gasteiger partial charge in [-0.25, -0.2) is 0 Å². The number of benzene rings is 1. The third-order valence-electron chi connectivity index (χ3n) is 1.70. The largest absolute Gasteiger partial charge is 0.505 e. The van der Waals surface area contributed by atoms with Crippen molar-refractivity contribution in [2.24, 2.45) is 5.73 Å². The summed E-state index contributed by atoms with van der Waals surface area (Å²) in [6.45, 7) is 1.55. The van der Waals surface area contributed by atoms with E-state index < -0.39 is 6.04 Å². The Labute approximate surface area is 97.0 Å². The lowest BCUT2D eigenvalue weighted by atomic mass is 10.2. The summed E-state index contributed by atoms with van der Waals surface area (Å²) in [4.78, 5) is 11.2. The molecule has 0 fully saturated rings. The summed E-state index contributed by atoms with van der Waals surface area (Å²) in [7, 11) is 0. The van der Waals surface area contributed by atoms with Gasteiger partial charge in [0.25, 0.3) is 0 Å². The van der Waals surface area contributed by atoms with E-state index in [1.807, 2.05) is 0 Å². The number of hydrogen-bond acceptors (Lipinski definition) is 3. The molecular weight excluding hydrogens is 239 g/mol. The van der Waals surface area contributed by atoms with Gasteiger partial charge in [-0.3, -0.25) is 4.79 Å². The number of aromatic hydroxyl groups is 1. The van der Waals surface area contributed by atoms with Gasteiger partial charge in [0.05, 0.1) is 16.1 Å². The van der Waals surface area contributed by atoms with E-state index in [0.717, 1.165) is 0 Å². The van der Waals surface area contributed by atoms with E-state index in [2.05, 4.69) is 5.32 Å². The van der Waals surface area contributed by atoms with Crippen molar-refractivity contribution in [2.45, 2.75) is 13.0 Å². The predicted molar refractivity (Wildman–Crippen MR) is 60.4 cm³/mol. The molecule has 0 radical (unpaired) electrons. The molecule has 1 aromatic carbocycles. The van der Waals surface area contributed by atoms with Crippen LogP contribution in [0.25, 0.3) is 0 Å². The highest BCUT2D eigenvalue weighted by Gasteiger charge is 2.11. The van der Waals surface area contributed by atoms with Gasteiger partial charge in [-0.05, 0) is 19.1 Å². The number of nitrogens with one attached hydrogen (secondary N) is 1. The van der Waals surface area contributed by atoms with E-state index >= 15 is 0 Å². The highest BCUT2D eigenvalue weighted by atomic mass is 35.5. The van der Waals surface area contributed by atoms with E-state index in [4.69, 9.17) is 28.9 Å². The molecule has 82 valence electrons. The zero-order valence-electron chi connectivity index (χ0n) is 7.92. The summed E-state index contributed by atoms with van der Waals surface area (Å²) >= 11 is 11.3. The van der Waals surface area contributed by atoms with Gasteiger partial charge in [-0.2, -0.15) is 0 Å². The summed E-state index contributed by atoms with van der Waals surface area (Å²) in [6.07, 6.45) is 0. The molecule has 0 aromatic heterocycles. The molecule has 15 heavy (non-hydrogen) atoms. The third kappa shape index (κ3) is 2.99. The molecular formula is C9H10Cl2N2O2. The highest BCUT2D eigenvalue weighted by Crippen LogP contribution is 2.34. The van der Waals surface area contributed by atoms with Crippen molar-refractivity contribution in [1.29, 1.82) is 0 Å². The normalized spacial score (nSPS) is 12.3. The van der Waals surface area contributed by atoms with Gasteiger partial charge < -0.3 is 16.2 Å². The van der Waals surface area contributed by atoms with Crippen LogP contribution in [0.1, 0.15) is 6.92 Å². The molecule has 4 N–H and O–H groups in total. The summed E-state index contributed by atoms with van der Waals surface area (Å²) in [5.41, 5.74) is 5.76. The Morgan fingerprint density at radius 3 is 2.33 bits per heavy atom. The van der Waals surface area contributed by atoms with Gasteiger partial charge in [0.2, 0.25) is 5.91 Å². The fourth-order valence-corrected chi connectivity index (χ4v) is 1.38. The third-order valence-corrected chi connectivity index (χ3v) is 2.27. The first kappa shape index (κ1) is 12.1. The number of hydrogen-bond donors (Lipinski definition) is 3. The van der Waals surface area contributed by atoms with Gasteiger partial charge in [0, 0.05) is 5.69 Å². The molecule has 0 bridgehead atoms. The van der Waals surface area contributed by atoms with E-state index in [1.165, 1.54) is 12.1 Å². The lowest BCUT2D eigenvalue weighted by Crippen LogP contribution is -2.32. The van der Waals surface area contributed by atoms with Crippen LogP contribution in [0, 0.1) is 0 Å². The first-order valence-corrected chi connectivity index (χ1v) is 4.92. The van der Waals surface area contributed by atoms with Crippen molar-refractivity contribution in [3.05, 3.63) is 22.2 Å². The van der Waals surface area contributed by atoms with Crippen LogP contribution in [0.2, 0.25) is 10.0 Å². The monoisotopic (exact) mass is 248 g/mol. The average molecular weight is 249 g/mol. The maximum atomic E-state index is 11.2. The number of carbonyl (C=O) groups excluding carboxylic acids is 1. The highest BCUT2D eigenvalue weighted by molar-refractivity contribution is 6.37. The number of anilines is 1. The Morgan fingerprint density at radius 2 is 1.93 bits per heavy atom. The van der Waals surface area contributed by atoms with E-state index in [1.54, 1.807) is 6.92 Å². The quantitative estimate of drug-likeness (QED) is 0.701. The van der Waals surface area contributed by atoms with Crippen LogP contribution in [0.5, 0.6) is 5.75 Å². The fourth-order valence-electron chi connectivity index (χ4n) is 0.894. The lowest BCUT2D eigenvalue weighted by molar-refractivity contribution is -0.117. The molecule has 0 heterocycles. The zero-order valence-corrected chi connectivity index (χ0v) is 9.43. The Bertz CT molecular complexity index is 371. The van der Waals surface area contributed by atoms with Crippen molar-refractivity contribution in [3.8, 4) is 5.75 Å². The number of nitrogens with two attached hydrogens (primary N) is 1. The first-order valence-electron chi connectivity index (χ1n) is 4.16. The number of rotatable bonds is 2. The minimum absolute atomic E-state index is 0.0717. The molecule has 1 unspecified atom stereocenters. The number of phenols is 1. The molecule has 1 amide bonds. The molecule has 0 aliphatic carbocycles. The summed E-state index contributed by atoms with van der Waals surface area (Å²) in [5, 5.41) is 11.9.